The van der Waals surface area contributed by atoms with E-state index in [0.717, 1.165) is 5.56 Å². The highest BCUT2D eigenvalue weighted by atomic mass is 35.5. The second kappa shape index (κ2) is 3.80. The van der Waals surface area contributed by atoms with Gasteiger partial charge in [-0.05, 0) is 42.4 Å². The minimum Gasteiger partial charge on any atom is -0.160 e. The molecule has 0 spiro atoms. The molecule has 1 aromatic carbocycles. The molecule has 1 aromatic rings. The number of hydrogen-bond donors (Lipinski definition) is 0. The Morgan fingerprint density at radius 3 is 2.31 bits per heavy atom. The molecule has 0 fully saturated rings. The van der Waals surface area contributed by atoms with Gasteiger partial charge >= 0.3 is 5.51 Å². The highest BCUT2D eigenvalue weighted by Crippen LogP contribution is 2.37. The number of alkyl halides is 3. The van der Waals surface area contributed by atoms with Gasteiger partial charge in [-0.25, -0.2) is 0 Å². The SMILES string of the molecule is Cc1cc(Cl)cc(SC(F)(F)F)c1. The van der Waals surface area contributed by atoms with Crippen molar-refractivity contribution in [1.29, 1.82) is 0 Å². The van der Waals surface area contributed by atoms with Crippen molar-refractivity contribution in [1.82, 2.24) is 0 Å². The number of hydrogen-bond acceptors (Lipinski definition) is 1. The van der Waals surface area contributed by atoms with Crippen molar-refractivity contribution in [3.05, 3.63) is 28.8 Å². The molecule has 5 heteroatoms. The van der Waals surface area contributed by atoms with Crippen LogP contribution in [0.25, 0.3) is 0 Å². The molecule has 0 heterocycles. The zero-order valence-electron chi connectivity index (χ0n) is 6.65. The normalized spacial score (nSPS) is 11.8. The summed E-state index contributed by atoms with van der Waals surface area (Å²) < 4.78 is 35.8. The van der Waals surface area contributed by atoms with Crippen molar-refractivity contribution in [3.63, 3.8) is 0 Å². The summed E-state index contributed by atoms with van der Waals surface area (Å²) in [7, 11) is 0. The molecule has 0 aliphatic heterocycles. The van der Waals surface area contributed by atoms with Crippen LogP contribution in [0.4, 0.5) is 13.2 Å². The topological polar surface area (TPSA) is 0 Å². The van der Waals surface area contributed by atoms with Gasteiger partial charge in [-0.2, -0.15) is 13.2 Å². The second-order valence-corrected chi connectivity index (χ2v) is 4.09. The van der Waals surface area contributed by atoms with E-state index in [9.17, 15) is 13.2 Å². The lowest BCUT2D eigenvalue weighted by Crippen LogP contribution is -1.98. The fourth-order valence-electron chi connectivity index (χ4n) is 0.895. The lowest BCUT2D eigenvalue weighted by Gasteiger charge is -2.06. The molecule has 13 heavy (non-hydrogen) atoms. The average Bonchev–Trinajstić information content (AvgIpc) is 1.78. The Hall–Kier alpha value is -0.350. The van der Waals surface area contributed by atoms with Crippen LogP contribution in [0, 0.1) is 6.92 Å². The van der Waals surface area contributed by atoms with Crippen molar-refractivity contribution in [2.24, 2.45) is 0 Å². The third-order valence-corrected chi connectivity index (χ3v) is 2.17. The van der Waals surface area contributed by atoms with Crippen LogP contribution in [-0.4, -0.2) is 5.51 Å². The molecule has 0 atom stereocenters. The monoisotopic (exact) mass is 226 g/mol. The quantitative estimate of drug-likeness (QED) is 0.645. The van der Waals surface area contributed by atoms with E-state index in [2.05, 4.69) is 0 Å². The van der Waals surface area contributed by atoms with Crippen LogP contribution in [-0.2, 0) is 0 Å². The minimum atomic E-state index is -4.25. The van der Waals surface area contributed by atoms with E-state index >= 15 is 0 Å². The van der Waals surface area contributed by atoms with E-state index < -0.39 is 5.51 Å². The fourth-order valence-corrected chi connectivity index (χ4v) is 1.95. The maximum Gasteiger partial charge on any atom is 0.446 e. The number of rotatable bonds is 1. The van der Waals surface area contributed by atoms with Gasteiger partial charge in [-0.1, -0.05) is 11.6 Å². The summed E-state index contributed by atoms with van der Waals surface area (Å²) in [4.78, 5) is 0.123. The first kappa shape index (κ1) is 10.7. The standard InChI is InChI=1S/C8H6ClF3S/c1-5-2-6(9)4-7(3-5)13-8(10,11)12/h2-4H,1H3. The number of thioether (sulfide) groups is 1. The molecule has 0 aromatic heterocycles. The molecule has 0 amide bonds. The third kappa shape index (κ3) is 3.91. The fraction of sp³-hybridized carbons (Fsp3) is 0.250. The van der Waals surface area contributed by atoms with E-state index in [4.69, 9.17) is 11.6 Å². The van der Waals surface area contributed by atoms with Crippen LogP contribution in [0.3, 0.4) is 0 Å². The lowest BCUT2D eigenvalue weighted by molar-refractivity contribution is -0.0328. The molecule has 0 aliphatic carbocycles. The molecule has 0 nitrogen and oxygen atoms in total. The zero-order chi connectivity index (χ0) is 10.1. The Balaban J connectivity index is 2.90. The molecule has 0 aliphatic rings. The summed E-state index contributed by atoms with van der Waals surface area (Å²) >= 11 is 5.44. The molecule has 0 unspecified atom stereocenters. The van der Waals surface area contributed by atoms with Gasteiger partial charge in [0, 0.05) is 9.92 Å². The van der Waals surface area contributed by atoms with Crippen LogP contribution in [0.1, 0.15) is 5.56 Å². The molecule has 0 bridgehead atoms. The molecule has 0 radical (unpaired) electrons. The molecular formula is C8H6ClF3S. The highest BCUT2D eigenvalue weighted by Gasteiger charge is 2.29. The van der Waals surface area contributed by atoms with E-state index in [0.29, 0.717) is 5.02 Å². The molecule has 0 N–H and O–H groups in total. The first-order valence-corrected chi connectivity index (χ1v) is 4.59. The van der Waals surface area contributed by atoms with Gasteiger partial charge in [0.2, 0.25) is 0 Å². The summed E-state index contributed by atoms with van der Waals surface area (Å²) in [6.45, 7) is 1.70. The van der Waals surface area contributed by atoms with Gasteiger partial charge in [0.05, 0.1) is 0 Å². The van der Waals surface area contributed by atoms with Crippen LogP contribution < -0.4 is 0 Å². The van der Waals surface area contributed by atoms with E-state index in [1.165, 1.54) is 12.1 Å². The van der Waals surface area contributed by atoms with Gasteiger partial charge in [-0.15, -0.1) is 0 Å². The first-order chi connectivity index (χ1) is 5.87. The van der Waals surface area contributed by atoms with Crippen molar-refractivity contribution < 1.29 is 13.2 Å². The largest absolute Gasteiger partial charge is 0.446 e. The zero-order valence-corrected chi connectivity index (χ0v) is 8.22. The third-order valence-electron chi connectivity index (χ3n) is 1.25. The van der Waals surface area contributed by atoms with Crippen LogP contribution in [0.15, 0.2) is 23.1 Å². The molecule has 1 rings (SSSR count). The van der Waals surface area contributed by atoms with Crippen molar-refractivity contribution >= 4 is 23.4 Å². The number of aryl methyl sites for hydroxylation is 1. The van der Waals surface area contributed by atoms with E-state index in [-0.39, 0.29) is 16.7 Å². The molecule has 0 saturated heterocycles. The Morgan fingerprint density at radius 2 is 1.85 bits per heavy atom. The Kier molecular flexibility index (Phi) is 3.14. The molecule has 72 valence electrons. The maximum atomic E-state index is 11.9. The predicted octanol–water partition coefficient (Wildman–Crippen LogP) is 4.26. The van der Waals surface area contributed by atoms with Gasteiger partial charge in [0.1, 0.15) is 0 Å². The molecule has 0 saturated carbocycles. The lowest BCUT2D eigenvalue weighted by atomic mass is 10.2. The Labute approximate surface area is 83.1 Å². The summed E-state index contributed by atoms with van der Waals surface area (Å²) in [6.07, 6.45) is 0. The first-order valence-electron chi connectivity index (χ1n) is 3.40. The summed E-state index contributed by atoms with van der Waals surface area (Å²) in [6, 6.07) is 4.36. The van der Waals surface area contributed by atoms with Gasteiger partial charge in [0.25, 0.3) is 0 Å². The van der Waals surface area contributed by atoms with Gasteiger partial charge in [-0.3, -0.25) is 0 Å². The van der Waals surface area contributed by atoms with Gasteiger partial charge < -0.3 is 0 Å². The Bertz CT molecular complexity index is 288. The van der Waals surface area contributed by atoms with Crippen LogP contribution in [0.5, 0.6) is 0 Å². The summed E-state index contributed by atoms with van der Waals surface area (Å²) in [5.74, 6) is 0. The van der Waals surface area contributed by atoms with Crippen LogP contribution >= 0.6 is 23.4 Å². The molecular weight excluding hydrogens is 221 g/mol. The van der Waals surface area contributed by atoms with E-state index in [1.807, 2.05) is 0 Å². The maximum absolute atomic E-state index is 11.9. The van der Waals surface area contributed by atoms with Crippen molar-refractivity contribution in [3.8, 4) is 0 Å². The van der Waals surface area contributed by atoms with Crippen molar-refractivity contribution in [2.45, 2.75) is 17.3 Å². The second-order valence-electron chi connectivity index (χ2n) is 2.51. The van der Waals surface area contributed by atoms with E-state index in [1.54, 1.807) is 13.0 Å². The summed E-state index contributed by atoms with van der Waals surface area (Å²) in [5, 5.41) is 0.326. The van der Waals surface area contributed by atoms with Gasteiger partial charge in [0.15, 0.2) is 0 Å². The highest BCUT2D eigenvalue weighted by molar-refractivity contribution is 8.00. The predicted molar refractivity (Wildman–Crippen MR) is 48.1 cm³/mol. The van der Waals surface area contributed by atoms with Crippen LogP contribution in [0.2, 0.25) is 5.02 Å². The summed E-state index contributed by atoms with van der Waals surface area (Å²) in [5.41, 5.74) is -3.53. The smallest absolute Gasteiger partial charge is 0.160 e. The average molecular weight is 227 g/mol. The Morgan fingerprint density at radius 1 is 1.23 bits per heavy atom. The van der Waals surface area contributed by atoms with Crippen molar-refractivity contribution in [2.75, 3.05) is 0 Å². The number of benzene rings is 1. The minimum absolute atomic E-state index is 0.123. The number of halogens is 4.